The van der Waals surface area contributed by atoms with Gasteiger partial charge in [0, 0.05) is 19.7 Å². The van der Waals surface area contributed by atoms with Crippen LogP contribution >= 0.6 is 11.3 Å². The number of aromatic nitrogens is 1. The Hall–Kier alpha value is -2.86. The van der Waals surface area contributed by atoms with E-state index >= 15 is 0 Å². The van der Waals surface area contributed by atoms with Crippen LogP contribution in [0.4, 0.5) is 0 Å². The van der Waals surface area contributed by atoms with Crippen molar-refractivity contribution in [3.8, 4) is 21.7 Å². The molecule has 1 N–H and O–H groups in total. The third kappa shape index (κ3) is 2.45. The highest BCUT2D eigenvalue weighted by molar-refractivity contribution is 7.13. The Morgan fingerprint density at radius 2 is 1.92 bits per heavy atom. The van der Waals surface area contributed by atoms with Crippen LogP contribution in [0.15, 0.2) is 52.6 Å². The molecule has 1 aliphatic rings. The van der Waals surface area contributed by atoms with E-state index in [0.29, 0.717) is 16.8 Å². The lowest BCUT2D eigenvalue weighted by Crippen LogP contribution is -2.38. The predicted molar refractivity (Wildman–Crippen MR) is 105 cm³/mol. The maximum Gasteiger partial charge on any atom is 0.277 e. The second kappa shape index (κ2) is 6.14. The van der Waals surface area contributed by atoms with Gasteiger partial charge in [0.2, 0.25) is 0 Å². The molecule has 0 aliphatic carbocycles. The lowest BCUT2D eigenvalue weighted by molar-refractivity contribution is 0.0827. The number of thiophene rings is 1. The Labute approximate surface area is 155 Å². The number of carbonyl (C=O) groups excluding carboxylic acids is 1. The number of nitrogens with one attached hydrogen (secondary N) is 1. The highest BCUT2D eigenvalue weighted by Gasteiger charge is 2.30. The second-order valence-electron chi connectivity index (χ2n) is 6.58. The van der Waals surface area contributed by atoms with E-state index in [-0.39, 0.29) is 17.5 Å². The zero-order chi connectivity index (χ0) is 18.4. The maximum absolute atomic E-state index is 13.2. The van der Waals surface area contributed by atoms with Gasteiger partial charge in [0.15, 0.2) is 0 Å². The smallest absolute Gasteiger partial charge is 0.277 e. The minimum absolute atomic E-state index is 0.00483. The summed E-state index contributed by atoms with van der Waals surface area (Å²) in [6.07, 6.45) is 0. The van der Waals surface area contributed by atoms with Crippen molar-refractivity contribution < 1.29 is 4.79 Å². The van der Waals surface area contributed by atoms with Crippen molar-refractivity contribution in [1.82, 2.24) is 9.58 Å². The number of rotatable bonds is 2. The van der Waals surface area contributed by atoms with Crippen molar-refractivity contribution in [3.63, 3.8) is 0 Å². The molecule has 0 spiro atoms. The molecule has 0 saturated heterocycles. The van der Waals surface area contributed by atoms with E-state index in [1.54, 1.807) is 41.1 Å². The molecule has 132 valence electrons. The van der Waals surface area contributed by atoms with Crippen LogP contribution in [0.25, 0.3) is 21.7 Å². The predicted octanol–water partition coefficient (Wildman–Crippen LogP) is 3.56. The largest absolute Gasteiger partial charge is 0.345 e. The van der Waals surface area contributed by atoms with Gasteiger partial charge in [0.05, 0.1) is 22.2 Å². The summed E-state index contributed by atoms with van der Waals surface area (Å²) < 4.78 is 1.54. The third-order valence-electron chi connectivity index (χ3n) is 4.62. The van der Waals surface area contributed by atoms with E-state index in [1.165, 1.54) is 0 Å². The molecule has 1 atom stereocenters. The molecule has 4 rings (SSSR count). The van der Waals surface area contributed by atoms with Crippen LogP contribution in [0.2, 0.25) is 0 Å². The van der Waals surface area contributed by atoms with E-state index in [4.69, 9.17) is 0 Å². The molecule has 5 nitrogen and oxygen atoms in total. The summed E-state index contributed by atoms with van der Waals surface area (Å²) in [4.78, 5) is 28.6. The summed E-state index contributed by atoms with van der Waals surface area (Å²) in [6.45, 7) is 2.02. The molecule has 1 aliphatic heterocycles. The Bertz CT molecular complexity index is 1050. The molecule has 1 aromatic carbocycles. The molecular weight excluding hydrogens is 346 g/mol. The van der Waals surface area contributed by atoms with Gasteiger partial charge in [0.25, 0.3) is 11.5 Å². The first-order valence-corrected chi connectivity index (χ1v) is 9.28. The van der Waals surface area contributed by atoms with Crippen LogP contribution in [0, 0.1) is 0 Å². The number of amides is 1. The van der Waals surface area contributed by atoms with E-state index in [1.807, 2.05) is 48.7 Å². The maximum atomic E-state index is 13.2. The molecule has 6 heteroatoms. The van der Waals surface area contributed by atoms with Crippen LogP contribution < -0.4 is 11.0 Å². The van der Waals surface area contributed by atoms with Gasteiger partial charge >= 0.3 is 0 Å². The van der Waals surface area contributed by atoms with E-state index in [0.717, 1.165) is 16.0 Å². The number of pyridine rings is 1. The lowest BCUT2D eigenvalue weighted by atomic mass is 9.98. The first-order valence-electron chi connectivity index (χ1n) is 8.40. The van der Waals surface area contributed by atoms with Crippen LogP contribution in [-0.2, 0) is 0 Å². The van der Waals surface area contributed by atoms with Crippen molar-refractivity contribution >= 4 is 17.2 Å². The molecule has 0 fully saturated rings. The molecule has 2 aromatic heterocycles. The lowest BCUT2D eigenvalue weighted by Gasteiger charge is -2.29. The van der Waals surface area contributed by atoms with Gasteiger partial charge in [0.1, 0.15) is 0 Å². The summed E-state index contributed by atoms with van der Waals surface area (Å²) >= 11 is 1.56. The summed E-state index contributed by atoms with van der Waals surface area (Å²) in [5, 5.41) is 2.00. The fraction of sp³-hybridized carbons (Fsp3) is 0.200. The number of hydrogen-bond donors (Lipinski definition) is 1. The van der Waals surface area contributed by atoms with Gasteiger partial charge in [-0.15, -0.1) is 11.3 Å². The van der Waals surface area contributed by atoms with Crippen LogP contribution in [0.3, 0.4) is 0 Å². The normalized spacial score (nSPS) is 15.0. The Morgan fingerprint density at radius 3 is 2.62 bits per heavy atom. The first kappa shape index (κ1) is 16.6. The van der Waals surface area contributed by atoms with Crippen molar-refractivity contribution in [2.75, 3.05) is 19.5 Å². The van der Waals surface area contributed by atoms with Crippen LogP contribution in [-0.4, -0.2) is 29.6 Å². The minimum Gasteiger partial charge on any atom is -0.345 e. The topological polar surface area (TPSA) is 54.3 Å². The van der Waals surface area contributed by atoms with Crippen molar-refractivity contribution in [2.24, 2.45) is 0 Å². The Kier molecular flexibility index (Phi) is 3.92. The standard InChI is InChI=1S/C20H19N3O2S/c1-12-14-9-10-26-18(14)17-16(19(24)22(2)3)11-15(20(25)23(17)21-12)13-7-5-4-6-8-13/h4-12,21H,1-3H3. The fourth-order valence-electron chi connectivity index (χ4n) is 3.31. The summed E-state index contributed by atoms with van der Waals surface area (Å²) in [5.74, 6) is -0.123. The number of hydrogen-bond acceptors (Lipinski definition) is 4. The zero-order valence-corrected chi connectivity index (χ0v) is 15.6. The fourth-order valence-corrected chi connectivity index (χ4v) is 4.35. The SMILES string of the molecule is CC1Nn2c(c(C(=O)N(C)C)cc(-c3ccccc3)c2=O)-c2sccc21. The highest BCUT2D eigenvalue weighted by atomic mass is 32.1. The number of fused-ring (bicyclic) bond motifs is 3. The molecule has 3 heterocycles. The number of benzene rings is 1. The van der Waals surface area contributed by atoms with Gasteiger partial charge in [-0.25, -0.2) is 4.68 Å². The number of nitrogens with zero attached hydrogens (tertiary/aromatic N) is 2. The van der Waals surface area contributed by atoms with Crippen molar-refractivity contribution in [2.45, 2.75) is 13.0 Å². The van der Waals surface area contributed by atoms with E-state index < -0.39 is 0 Å². The van der Waals surface area contributed by atoms with Gasteiger partial charge in [-0.3, -0.25) is 9.59 Å². The molecule has 26 heavy (non-hydrogen) atoms. The first-order chi connectivity index (χ1) is 12.5. The molecule has 3 aromatic rings. The Balaban J connectivity index is 2.07. The van der Waals surface area contributed by atoms with Crippen LogP contribution in [0.5, 0.6) is 0 Å². The van der Waals surface area contributed by atoms with Gasteiger partial charge in [-0.1, -0.05) is 30.3 Å². The van der Waals surface area contributed by atoms with E-state index in [9.17, 15) is 9.59 Å². The summed E-state index contributed by atoms with van der Waals surface area (Å²) in [7, 11) is 3.45. The molecular formula is C20H19N3O2S. The zero-order valence-electron chi connectivity index (χ0n) is 14.8. The summed E-state index contributed by atoms with van der Waals surface area (Å²) in [5.41, 5.74) is 6.70. The van der Waals surface area contributed by atoms with Crippen LogP contribution in [0.1, 0.15) is 28.9 Å². The molecule has 1 unspecified atom stereocenters. The van der Waals surface area contributed by atoms with E-state index in [2.05, 4.69) is 5.43 Å². The molecule has 0 radical (unpaired) electrons. The Morgan fingerprint density at radius 1 is 1.19 bits per heavy atom. The summed E-state index contributed by atoms with van der Waals surface area (Å²) in [6, 6.07) is 13.2. The highest BCUT2D eigenvalue weighted by Crippen LogP contribution is 2.39. The molecule has 0 saturated carbocycles. The van der Waals surface area contributed by atoms with Gasteiger partial charge in [-0.2, -0.15) is 0 Å². The van der Waals surface area contributed by atoms with Crippen molar-refractivity contribution in [3.05, 3.63) is 69.3 Å². The van der Waals surface area contributed by atoms with Gasteiger partial charge < -0.3 is 10.3 Å². The third-order valence-corrected chi connectivity index (χ3v) is 5.56. The molecule has 0 bridgehead atoms. The average Bonchev–Trinajstić information content (AvgIpc) is 3.13. The monoisotopic (exact) mass is 365 g/mol. The average molecular weight is 365 g/mol. The minimum atomic E-state index is -0.146. The quantitative estimate of drug-likeness (QED) is 0.755. The number of carbonyl (C=O) groups is 1. The second-order valence-corrected chi connectivity index (χ2v) is 7.50. The molecule has 1 amide bonds. The van der Waals surface area contributed by atoms with Crippen molar-refractivity contribution in [1.29, 1.82) is 0 Å². The van der Waals surface area contributed by atoms with Gasteiger partial charge in [-0.05, 0) is 35.6 Å².